The molecule has 0 saturated heterocycles. The average molecular weight is 246 g/mol. The van der Waals surface area contributed by atoms with Crippen LogP contribution in [0.15, 0.2) is 24.3 Å². The first kappa shape index (κ1) is 12.9. The van der Waals surface area contributed by atoms with Gasteiger partial charge in [0.2, 0.25) is 5.91 Å². The molecule has 0 spiro atoms. The van der Waals surface area contributed by atoms with Gasteiger partial charge >= 0.3 is 0 Å². The summed E-state index contributed by atoms with van der Waals surface area (Å²) in [5, 5.41) is 3.01. The lowest BCUT2D eigenvalue weighted by molar-refractivity contribution is -0.122. The Kier molecular flexibility index (Phi) is 4.24. The molecule has 2 rings (SSSR count). The zero-order valence-electron chi connectivity index (χ0n) is 11.3. The predicted octanol–water partition coefficient (Wildman–Crippen LogP) is 2.35. The molecule has 1 N–H and O–H groups in total. The van der Waals surface area contributed by atoms with Gasteiger partial charge in [-0.2, -0.15) is 0 Å². The lowest BCUT2D eigenvalue weighted by atomic mass is 10.2. The molecule has 1 aliphatic rings. The minimum atomic E-state index is 0.232. The minimum Gasteiger partial charge on any atom is -0.370 e. The topological polar surface area (TPSA) is 32.3 Å². The number of nitrogens with zero attached hydrogens (tertiary/aromatic N) is 1. The maximum absolute atomic E-state index is 11.5. The molecule has 0 bridgehead atoms. The normalized spacial score (nSPS) is 14.3. The van der Waals surface area contributed by atoms with Gasteiger partial charge in [0.15, 0.2) is 0 Å². The van der Waals surface area contributed by atoms with Crippen LogP contribution in [-0.4, -0.2) is 25.5 Å². The third-order valence-electron chi connectivity index (χ3n) is 3.38. The standard InChI is InChI=1S/C15H22N2O/c1-3-17(14-6-4-5-12(2)11-14)10-9-16-15(18)13-7-8-13/h4-6,11,13H,3,7-10H2,1-2H3,(H,16,18). The first-order valence-electron chi connectivity index (χ1n) is 6.80. The van der Waals surface area contributed by atoms with Gasteiger partial charge in [-0.3, -0.25) is 4.79 Å². The molecule has 1 amide bonds. The fourth-order valence-corrected chi connectivity index (χ4v) is 2.10. The number of nitrogens with one attached hydrogen (secondary N) is 1. The molecule has 0 radical (unpaired) electrons. The first-order chi connectivity index (χ1) is 8.70. The molecular weight excluding hydrogens is 224 g/mol. The molecular formula is C15H22N2O. The Bertz CT molecular complexity index is 413. The second-order valence-electron chi connectivity index (χ2n) is 4.98. The van der Waals surface area contributed by atoms with Crippen molar-refractivity contribution in [1.82, 2.24) is 5.32 Å². The van der Waals surface area contributed by atoms with Gasteiger partial charge in [-0.1, -0.05) is 12.1 Å². The highest BCUT2D eigenvalue weighted by Gasteiger charge is 2.29. The van der Waals surface area contributed by atoms with E-state index in [2.05, 4.69) is 48.3 Å². The van der Waals surface area contributed by atoms with Gasteiger partial charge in [0.1, 0.15) is 0 Å². The Morgan fingerprint density at radius 2 is 2.22 bits per heavy atom. The summed E-state index contributed by atoms with van der Waals surface area (Å²) in [6.07, 6.45) is 2.14. The monoisotopic (exact) mass is 246 g/mol. The van der Waals surface area contributed by atoms with E-state index < -0.39 is 0 Å². The second-order valence-corrected chi connectivity index (χ2v) is 4.98. The van der Waals surface area contributed by atoms with Crippen LogP contribution in [0.1, 0.15) is 25.3 Å². The van der Waals surface area contributed by atoms with Crippen LogP contribution in [0.5, 0.6) is 0 Å². The van der Waals surface area contributed by atoms with E-state index in [4.69, 9.17) is 0 Å². The van der Waals surface area contributed by atoms with Crippen LogP contribution in [0.2, 0.25) is 0 Å². The predicted molar refractivity (Wildman–Crippen MR) is 74.8 cm³/mol. The molecule has 0 unspecified atom stereocenters. The van der Waals surface area contributed by atoms with Crippen LogP contribution in [0, 0.1) is 12.8 Å². The molecule has 1 fully saturated rings. The lowest BCUT2D eigenvalue weighted by Gasteiger charge is -2.23. The molecule has 3 heteroatoms. The number of anilines is 1. The molecule has 0 atom stereocenters. The number of amides is 1. The number of carbonyl (C=O) groups is 1. The van der Waals surface area contributed by atoms with Crippen LogP contribution >= 0.6 is 0 Å². The van der Waals surface area contributed by atoms with Crippen molar-refractivity contribution in [1.29, 1.82) is 0 Å². The van der Waals surface area contributed by atoms with E-state index in [1.165, 1.54) is 11.3 Å². The fraction of sp³-hybridized carbons (Fsp3) is 0.533. The average Bonchev–Trinajstić information content (AvgIpc) is 3.18. The minimum absolute atomic E-state index is 0.232. The summed E-state index contributed by atoms with van der Waals surface area (Å²) in [6.45, 7) is 6.82. The maximum atomic E-state index is 11.5. The van der Waals surface area contributed by atoms with E-state index in [1.807, 2.05) is 0 Å². The Morgan fingerprint density at radius 3 is 2.83 bits per heavy atom. The van der Waals surface area contributed by atoms with Crippen molar-refractivity contribution < 1.29 is 4.79 Å². The molecule has 0 aliphatic heterocycles. The molecule has 1 aliphatic carbocycles. The van der Waals surface area contributed by atoms with Crippen LogP contribution in [0.25, 0.3) is 0 Å². The van der Waals surface area contributed by atoms with E-state index in [0.29, 0.717) is 5.92 Å². The van der Waals surface area contributed by atoms with E-state index >= 15 is 0 Å². The molecule has 0 heterocycles. The van der Waals surface area contributed by atoms with Crippen LogP contribution in [-0.2, 0) is 4.79 Å². The summed E-state index contributed by atoms with van der Waals surface area (Å²) in [5.41, 5.74) is 2.51. The summed E-state index contributed by atoms with van der Waals surface area (Å²) < 4.78 is 0. The van der Waals surface area contributed by atoms with Gasteiger partial charge in [-0.25, -0.2) is 0 Å². The summed E-state index contributed by atoms with van der Waals surface area (Å²) in [4.78, 5) is 13.8. The highest BCUT2D eigenvalue weighted by molar-refractivity contribution is 5.80. The van der Waals surface area contributed by atoms with Gasteiger partial charge in [0.05, 0.1) is 0 Å². The molecule has 18 heavy (non-hydrogen) atoms. The highest BCUT2D eigenvalue weighted by atomic mass is 16.2. The molecule has 1 aromatic rings. The zero-order chi connectivity index (χ0) is 13.0. The lowest BCUT2D eigenvalue weighted by Crippen LogP contribution is -2.35. The van der Waals surface area contributed by atoms with E-state index in [0.717, 1.165) is 32.5 Å². The smallest absolute Gasteiger partial charge is 0.223 e. The number of hydrogen-bond acceptors (Lipinski definition) is 2. The Balaban J connectivity index is 1.83. The van der Waals surface area contributed by atoms with Gasteiger partial charge in [-0.05, 0) is 44.4 Å². The zero-order valence-corrected chi connectivity index (χ0v) is 11.3. The van der Waals surface area contributed by atoms with Crippen LogP contribution < -0.4 is 10.2 Å². The quantitative estimate of drug-likeness (QED) is 0.835. The Labute approximate surface area is 109 Å². The molecule has 98 valence electrons. The number of hydrogen-bond donors (Lipinski definition) is 1. The second kappa shape index (κ2) is 5.89. The van der Waals surface area contributed by atoms with Crippen molar-refractivity contribution in [3.8, 4) is 0 Å². The molecule has 1 aromatic carbocycles. The van der Waals surface area contributed by atoms with Crippen molar-refractivity contribution in [3.05, 3.63) is 29.8 Å². The van der Waals surface area contributed by atoms with Gasteiger partial charge < -0.3 is 10.2 Å². The highest BCUT2D eigenvalue weighted by Crippen LogP contribution is 2.28. The van der Waals surface area contributed by atoms with Crippen molar-refractivity contribution in [2.45, 2.75) is 26.7 Å². The van der Waals surface area contributed by atoms with E-state index in [1.54, 1.807) is 0 Å². The van der Waals surface area contributed by atoms with Gasteiger partial charge in [0, 0.05) is 31.2 Å². The van der Waals surface area contributed by atoms with Gasteiger partial charge in [0.25, 0.3) is 0 Å². The van der Waals surface area contributed by atoms with E-state index in [9.17, 15) is 4.79 Å². The Morgan fingerprint density at radius 1 is 1.44 bits per heavy atom. The number of likely N-dealkylation sites (N-methyl/N-ethyl adjacent to an activating group) is 1. The summed E-state index contributed by atoms with van der Waals surface area (Å²) >= 11 is 0. The maximum Gasteiger partial charge on any atom is 0.223 e. The summed E-state index contributed by atoms with van der Waals surface area (Å²) in [7, 11) is 0. The van der Waals surface area contributed by atoms with Crippen LogP contribution in [0.4, 0.5) is 5.69 Å². The van der Waals surface area contributed by atoms with Crippen molar-refractivity contribution in [2.75, 3.05) is 24.5 Å². The van der Waals surface area contributed by atoms with Crippen molar-refractivity contribution in [2.24, 2.45) is 5.92 Å². The largest absolute Gasteiger partial charge is 0.370 e. The number of rotatable bonds is 6. The third kappa shape index (κ3) is 3.49. The molecule has 3 nitrogen and oxygen atoms in total. The number of aryl methyl sites for hydroxylation is 1. The fourth-order valence-electron chi connectivity index (χ4n) is 2.10. The Hall–Kier alpha value is -1.51. The van der Waals surface area contributed by atoms with Crippen LogP contribution in [0.3, 0.4) is 0 Å². The SMILES string of the molecule is CCN(CCNC(=O)C1CC1)c1cccc(C)c1. The molecule has 0 aromatic heterocycles. The molecule has 1 saturated carbocycles. The van der Waals surface area contributed by atoms with E-state index in [-0.39, 0.29) is 5.91 Å². The number of benzene rings is 1. The van der Waals surface area contributed by atoms with Crippen molar-refractivity contribution >= 4 is 11.6 Å². The summed E-state index contributed by atoms with van der Waals surface area (Å²) in [5.74, 6) is 0.536. The summed E-state index contributed by atoms with van der Waals surface area (Å²) in [6, 6.07) is 8.49. The van der Waals surface area contributed by atoms with Crippen molar-refractivity contribution in [3.63, 3.8) is 0 Å². The first-order valence-corrected chi connectivity index (χ1v) is 6.80. The van der Waals surface area contributed by atoms with Gasteiger partial charge in [-0.15, -0.1) is 0 Å². The third-order valence-corrected chi connectivity index (χ3v) is 3.38. The number of carbonyl (C=O) groups excluding carboxylic acids is 1.